The Bertz CT molecular complexity index is 726. The minimum atomic E-state index is -3.88. The molecule has 8 heteroatoms. The third-order valence-corrected chi connectivity index (χ3v) is 4.45. The summed E-state index contributed by atoms with van der Waals surface area (Å²) < 4.78 is 39.3. The van der Waals surface area contributed by atoms with Gasteiger partial charge in [0, 0.05) is 5.69 Å². The summed E-state index contributed by atoms with van der Waals surface area (Å²) in [5.41, 5.74) is 5.87. The lowest BCUT2D eigenvalue weighted by atomic mass is 10.3. The number of anilines is 2. The molecule has 0 aliphatic rings. The molecule has 20 heavy (non-hydrogen) atoms. The molecule has 0 saturated carbocycles. The summed E-state index contributed by atoms with van der Waals surface area (Å²) in [7, 11) is -3.88. The first-order valence-electron chi connectivity index (χ1n) is 5.32. The van der Waals surface area contributed by atoms with Gasteiger partial charge in [-0.15, -0.1) is 0 Å². The van der Waals surface area contributed by atoms with Gasteiger partial charge in [-0.1, -0.05) is 23.2 Å². The number of nitrogens with two attached hydrogens (primary N) is 1. The summed E-state index contributed by atoms with van der Waals surface area (Å²) in [6.07, 6.45) is 0. The van der Waals surface area contributed by atoms with Gasteiger partial charge in [-0.05, 0) is 36.4 Å². The van der Waals surface area contributed by atoms with Gasteiger partial charge in [-0.2, -0.15) is 0 Å². The fraction of sp³-hybridized carbons (Fsp3) is 0. The van der Waals surface area contributed by atoms with Crippen LogP contribution in [0, 0.1) is 5.82 Å². The molecule has 0 aliphatic heterocycles. The summed E-state index contributed by atoms with van der Waals surface area (Å²) in [6, 6.07) is 7.26. The highest BCUT2D eigenvalue weighted by molar-refractivity contribution is 7.92. The molecule has 0 spiro atoms. The largest absolute Gasteiger partial charge is 0.396 e. The van der Waals surface area contributed by atoms with Crippen LogP contribution in [0.1, 0.15) is 0 Å². The van der Waals surface area contributed by atoms with Gasteiger partial charge in [-0.25, -0.2) is 12.8 Å². The van der Waals surface area contributed by atoms with Gasteiger partial charge in [0.25, 0.3) is 10.0 Å². The highest BCUT2D eigenvalue weighted by Crippen LogP contribution is 2.31. The van der Waals surface area contributed by atoms with Crippen LogP contribution in [0.4, 0.5) is 15.8 Å². The Morgan fingerprint density at radius 3 is 2.05 bits per heavy atom. The molecule has 2 aromatic carbocycles. The summed E-state index contributed by atoms with van der Waals surface area (Å²) in [6.45, 7) is 0. The van der Waals surface area contributed by atoms with E-state index in [2.05, 4.69) is 4.72 Å². The van der Waals surface area contributed by atoms with Gasteiger partial charge in [0.05, 0.1) is 20.6 Å². The SMILES string of the molecule is Nc1c(Cl)cc(S(=O)(=O)Nc2ccc(F)cc2)cc1Cl. The molecule has 3 N–H and O–H groups in total. The number of hydrogen-bond acceptors (Lipinski definition) is 3. The molecule has 2 aromatic rings. The lowest BCUT2D eigenvalue weighted by Crippen LogP contribution is -2.13. The second-order valence-electron chi connectivity index (χ2n) is 3.91. The second kappa shape index (κ2) is 5.47. The summed E-state index contributed by atoms with van der Waals surface area (Å²) in [5, 5.41) is 0.0777. The van der Waals surface area contributed by atoms with Crippen LogP contribution in [0.2, 0.25) is 10.0 Å². The Labute approximate surface area is 125 Å². The number of hydrogen-bond donors (Lipinski definition) is 2. The van der Waals surface area contributed by atoms with Crippen molar-refractivity contribution >= 4 is 44.6 Å². The van der Waals surface area contributed by atoms with Gasteiger partial charge in [0.15, 0.2) is 0 Å². The minimum Gasteiger partial charge on any atom is -0.396 e. The third kappa shape index (κ3) is 3.15. The van der Waals surface area contributed by atoms with Crippen molar-refractivity contribution in [3.05, 3.63) is 52.3 Å². The predicted molar refractivity (Wildman–Crippen MR) is 78.1 cm³/mol. The Kier molecular flexibility index (Phi) is 4.08. The zero-order chi connectivity index (χ0) is 14.9. The van der Waals surface area contributed by atoms with Crippen molar-refractivity contribution in [2.24, 2.45) is 0 Å². The van der Waals surface area contributed by atoms with E-state index in [1.165, 1.54) is 24.3 Å². The van der Waals surface area contributed by atoms with Crippen LogP contribution in [-0.4, -0.2) is 8.42 Å². The van der Waals surface area contributed by atoms with Crippen LogP contribution in [-0.2, 0) is 10.0 Å². The number of halogens is 3. The molecule has 0 radical (unpaired) electrons. The van der Waals surface area contributed by atoms with Gasteiger partial charge < -0.3 is 5.73 Å². The first-order valence-corrected chi connectivity index (χ1v) is 7.56. The molecule has 0 amide bonds. The topological polar surface area (TPSA) is 72.2 Å². The second-order valence-corrected chi connectivity index (χ2v) is 6.41. The number of rotatable bonds is 3. The molecule has 0 saturated heterocycles. The zero-order valence-electron chi connectivity index (χ0n) is 9.90. The van der Waals surface area contributed by atoms with Crippen LogP contribution in [0.15, 0.2) is 41.3 Å². The smallest absolute Gasteiger partial charge is 0.261 e. The normalized spacial score (nSPS) is 11.3. The lowest BCUT2D eigenvalue weighted by Gasteiger charge is -2.10. The van der Waals surface area contributed by atoms with E-state index in [0.29, 0.717) is 0 Å². The van der Waals surface area contributed by atoms with E-state index >= 15 is 0 Å². The standard InChI is InChI=1S/C12H9Cl2FN2O2S/c13-10-5-9(6-11(14)12(10)16)20(18,19)17-8-3-1-7(15)2-4-8/h1-6,17H,16H2. The van der Waals surface area contributed by atoms with Crippen LogP contribution in [0.3, 0.4) is 0 Å². The van der Waals surface area contributed by atoms with Gasteiger partial charge in [0.1, 0.15) is 5.82 Å². The third-order valence-electron chi connectivity index (χ3n) is 2.46. The molecule has 0 heterocycles. The van der Waals surface area contributed by atoms with E-state index in [1.54, 1.807) is 0 Å². The molecule has 106 valence electrons. The van der Waals surface area contributed by atoms with E-state index in [-0.39, 0.29) is 26.3 Å². The van der Waals surface area contributed by atoms with E-state index in [4.69, 9.17) is 28.9 Å². The van der Waals surface area contributed by atoms with Gasteiger partial charge in [-0.3, -0.25) is 4.72 Å². The van der Waals surface area contributed by atoms with E-state index in [9.17, 15) is 12.8 Å². The summed E-state index contributed by atoms with van der Waals surface area (Å²) in [4.78, 5) is -0.133. The molecule has 0 unspecified atom stereocenters. The lowest BCUT2D eigenvalue weighted by molar-refractivity contribution is 0.601. The quantitative estimate of drug-likeness (QED) is 0.843. The Balaban J connectivity index is 2.38. The average Bonchev–Trinajstić information content (AvgIpc) is 2.38. The Hall–Kier alpha value is -1.50. The zero-order valence-corrected chi connectivity index (χ0v) is 12.2. The first kappa shape index (κ1) is 14.9. The van der Waals surface area contributed by atoms with Gasteiger partial charge >= 0.3 is 0 Å². The molecule has 0 aliphatic carbocycles. The van der Waals surface area contributed by atoms with Crippen LogP contribution >= 0.6 is 23.2 Å². The van der Waals surface area contributed by atoms with Crippen molar-refractivity contribution < 1.29 is 12.8 Å². The maximum Gasteiger partial charge on any atom is 0.261 e. The van der Waals surface area contributed by atoms with E-state index in [0.717, 1.165) is 12.1 Å². The van der Waals surface area contributed by atoms with E-state index in [1.807, 2.05) is 0 Å². The van der Waals surface area contributed by atoms with Crippen LogP contribution in [0.25, 0.3) is 0 Å². The van der Waals surface area contributed by atoms with Crippen LogP contribution < -0.4 is 10.5 Å². The Morgan fingerprint density at radius 2 is 1.55 bits per heavy atom. The number of nitrogen functional groups attached to an aromatic ring is 1. The molecule has 2 rings (SSSR count). The Morgan fingerprint density at radius 1 is 1.05 bits per heavy atom. The average molecular weight is 335 g/mol. The number of nitrogens with one attached hydrogen (secondary N) is 1. The van der Waals surface area contributed by atoms with Gasteiger partial charge in [0.2, 0.25) is 0 Å². The fourth-order valence-corrected chi connectivity index (χ4v) is 3.17. The van der Waals surface area contributed by atoms with Crippen molar-refractivity contribution in [2.75, 3.05) is 10.5 Å². The molecule has 0 fully saturated rings. The van der Waals surface area contributed by atoms with Crippen molar-refractivity contribution in [3.8, 4) is 0 Å². The summed E-state index contributed by atoms with van der Waals surface area (Å²) in [5.74, 6) is -0.466. The maximum absolute atomic E-state index is 12.8. The predicted octanol–water partition coefficient (Wildman–Crippen LogP) is 3.52. The van der Waals surface area contributed by atoms with Crippen LogP contribution in [0.5, 0.6) is 0 Å². The molecular formula is C12H9Cl2FN2O2S. The van der Waals surface area contributed by atoms with Crippen molar-refractivity contribution in [2.45, 2.75) is 4.90 Å². The monoisotopic (exact) mass is 334 g/mol. The fourth-order valence-electron chi connectivity index (χ4n) is 1.45. The number of benzene rings is 2. The van der Waals surface area contributed by atoms with Crippen molar-refractivity contribution in [1.82, 2.24) is 0 Å². The first-order chi connectivity index (χ1) is 9.29. The van der Waals surface area contributed by atoms with Crippen molar-refractivity contribution in [1.29, 1.82) is 0 Å². The molecular weight excluding hydrogens is 326 g/mol. The summed E-state index contributed by atoms with van der Waals surface area (Å²) >= 11 is 11.6. The van der Waals surface area contributed by atoms with Crippen molar-refractivity contribution in [3.63, 3.8) is 0 Å². The highest BCUT2D eigenvalue weighted by atomic mass is 35.5. The number of sulfonamides is 1. The maximum atomic E-state index is 12.8. The molecule has 0 bridgehead atoms. The molecule has 4 nitrogen and oxygen atoms in total. The van der Waals surface area contributed by atoms with E-state index < -0.39 is 15.8 Å². The minimum absolute atomic E-state index is 0.0389. The molecule has 0 atom stereocenters. The molecule has 0 aromatic heterocycles. The highest BCUT2D eigenvalue weighted by Gasteiger charge is 2.17.